The van der Waals surface area contributed by atoms with Gasteiger partial charge >= 0.3 is 12.1 Å². The molecule has 0 aliphatic heterocycles. The molecule has 0 saturated carbocycles. The summed E-state index contributed by atoms with van der Waals surface area (Å²) in [4.78, 5) is 11.1. The van der Waals surface area contributed by atoms with Crippen LogP contribution in [0.3, 0.4) is 0 Å². The maximum atomic E-state index is 12.6. The van der Waals surface area contributed by atoms with Crippen LogP contribution in [0.1, 0.15) is 10.4 Å². The van der Waals surface area contributed by atoms with Crippen LogP contribution in [-0.2, 0) is 4.74 Å². The average Bonchev–Trinajstić information content (AvgIpc) is 2.39. The van der Waals surface area contributed by atoms with Gasteiger partial charge in [0.2, 0.25) is 0 Å². The van der Waals surface area contributed by atoms with Gasteiger partial charge in [0.05, 0.1) is 19.7 Å². The van der Waals surface area contributed by atoms with Gasteiger partial charge in [-0.2, -0.15) is 22.0 Å². The number of hydrogen-bond acceptors (Lipinski definition) is 4. The summed E-state index contributed by atoms with van der Waals surface area (Å²) in [5.41, 5.74) is -0.0869. The first-order chi connectivity index (χ1) is 10.9. The number of carbonyl (C=O) groups is 1. The number of alkyl halides is 5. The van der Waals surface area contributed by atoms with E-state index in [0.717, 1.165) is 0 Å². The van der Waals surface area contributed by atoms with Gasteiger partial charge < -0.3 is 19.4 Å². The fraction of sp³-hybridized carbons (Fsp3) is 0.417. The Morgan fingerprint density at radius 3 is 2.17 bits per heavy atom. The van der Waals surface area contributed by atoms with Crippen molar-refractivity contribution in [1.82, 2.24) is 0 Å². The molecule has 136 valence electrons. The van der Waals surface area contributed by atoms with E-state index in [1.807, 2.05) is 45.2 Å². The van der Waals surface area contributed by atoms with Crippen molar-refractivity contribution in [3.63, 3.8) is 0 Å². The second-order valence-corrected chi connectivity index (χ2v) is 7.65. The van der Waals surface area contributed by atoms with Gasteiger partial charge in [-0.15, -0.1) is 0 Å². The fourth-order valence-corrected chi connectivity index (χ4v) is 5.50. The first-order valence-electron chi connectivity index (χ1n) is 5.92. The highest BCUT2D eigenvalue weighted by atomic mass is 127. The van der Waals surface area contributed by atoms with E-state index in [-0.39, 0.29) is 21.5 Å². The third-order valence-electron chi connectivity index (χ3n) is 2.50. The van der Waals surface area contributed by atoms with Crippen LogP contribution in [0.25, 0.3) is 0 Å². The summed E-state index contributed by atoms with van der Waals surface area (Å²) in [6.07, 6.45) is -5.68. The molecule has 0 fully saturated rings. The summed E-state index contributed by atoms with van der Waals surface area (Å²) in [6.45, 7) is -2.66. The molecule has 1 aromatic rings. The average molecular weight is 691 g/mol. The largest absolute Gasteiger partial charge is 0.545 e. The van der Waals surface area contributed by atoms with E-state index in [1.165, 1.54) is 6.07 Å². The lowest BCUT2D eigenvalue weighted by Crippen LogP contribution is -2.41. The molecule has 0 unspecified atom stereocenters. The van der Waals surface area contributed by atoms with Gasteiger partial charge in [-0.3, -0.25) is 0 Å². The minimum Gasteiger partial charge on any atom is -0.545 e. The lowest BCUT2D eigenvalue weighted by molar-refractivity contribution is -0.296. The standard InChI is InChI=1S/C12H8F5I3O4/c13-11(14,12(15,16)17)4-23-1-2-24-9-6(19)3-5(18)7(8(9)20)10(21)22/h3H,1-2,4H2,(H,21,22)/p-1. The van der Waals surface area contributed by atoms with E-state index in [1.54, 1.807) is 22.6 Å². The van der Waals surface area contributed by atoms with Gasteiger partial charge in [0.25, 0.3) is 0 Å². The highest BCUT2D eigenvalue weighted by molar-refractivity contribution is 14.1. The molecule has 0 spiro atoms. The number of carboxylic acids is 1. The summed E-state index contributed by atoms with van der Waals surface area (Å²) in [5.74, 6) is -6.19. The first kappa shape index (κ1) is 22.3. The Labute approximate surface area is 173 Å². The highest BCUT2D eigenvalue weighted by Crippen LogP contribution is 2.35. The summed E-state index contributed by atoms with van der Waals surface area (Å²) in [5, 5.41) is 11.1. The molecule has 0 atom stereocenters. The second-order valence-electron chi connectivity index (χ2n) is 4.25. The zero-order valence-corrected chi connectivity index (χ0v) is 17.8. The third-order valence-corrected chi connectivity index (χ3v) is 5.19. The molecule has 0 aliphatic carbocycles. The van der Waals surface area contributed by atoms with E-state index >= 15 is 0 Å². The molecule has 0 N–H and O–H groups in total. The van der Waals surface area contributed by atoms with Crippen LogP contribution in [0.2, 0.25) is 0 Å². The van der Waals surface area contributed by atoms with Crippen molar-refractivity contribution in [3.05, 3.63) is 22.3 Å². The van der Waals surface area contributed by atoms with Crippen molar-refractivity contribution in [2.24, 2.45) is 0 Å². The van der Waals surface area contributed by atoms with Crippen molar-refractivity contribution < 1.29 is 41.3 Å². The Morgan fingerprint density at radius 2 is 1.67 bits per heavy atom. The van der Waals surface area contributed by atoms with Gasteiger partial charge in [-0.1, -0.05) is 0 Å². The number of aromatic carboxylic acids is 1. The van der Waals surface area contributed by atoms with E-state index < -0.39 is 31.3 Å². The minimum atomic E-state index is -5.68. The lowest BCUT2D eigenvalue weighted by Gasteiger charge is -2.19. The monoisotopic (exact) mass is 691 g/mol. The van der Waals surface area contributed by atoms with Crippen molar-refractivity contribution in [3.8, 4) is 5.75 Å². The van der Waals surface area contributed by atoms with Gasteiger partial charge in [-0.25, -0.2) is 0 Å². The molecule has 0 aromatic heterocycles. The third kappa shape index (κ3) is 5.65. The van der Waals surface area contributed by atoms with Crippen molar-refractivity contribution in [2.75, 3.05) is 19.8 Å². The number of rotatable bonds is 7. The molecule has 0 bridgehead atoms. The van der Waals surface area contributed by atoms with Crippen molar-refractivity contribution >= 4 is 73.7 Å². The van der Waals surface area contributed by atoms with Crippen LogP contribution in [0.5, 0.6) is 5.75 Å². The zero-order chi connectivity index (χ0) is 18.7. The number of carboxylic acid groups (broad SMARTS) is 1. The molecule has 12 heteroatoms. The van der Waals surface area contributed by atoms with Gasteiger partial charge in [0.1, 0.15) is 19.0 Å². The Kier molecular flexibility index (Phi) is 8.18. The smallest absolute Gasteiger partial charge is 0.455 e. The highest BCUT2D eigenvalue weighted by Gasteiger charge is 2.57. The Balaban J connectivity index is 2.67. The maximum Gasteiger partial charge on any atom is 0.455 e. The number of benzene rings is 1. The number of carbonyl (C=O) groups excluding carboxylic acids is 1. The number of halogens is 8. The number of hydrogen-bond donors (Lipinski definition) is 0. The van der Waals surface area contributed by atoms with Gasteiger partial charge in [0, 0.05) is 9.13 Å². The Bertz CT molecular complexity index is 622. The van der Waals surface area contributed by atoms with E-state index in [9.17, 15) is 31.9 Å². The molecule has 1 aromatic carbocycles. The van der Waals surface area contributed by atoms with Crippen LogP contribution < -0.4 is 9.84 Å². The van der Waals surface area contributed by atoms with Crippen LogP contribution in [0.15, 0.2) is 6.07 Å². The summed E-state index contributed by atoms with van der Waals surface area (Å²) < 4.78 is 71.9. The predicted octanol–water partition coefficient (Wildman–Crippen LogP) is 3.46. The molecule has 0 saturated heterocycles. The summed E-state index contributed by atoms with van der Waals surface area (Å²) in [7, 11) is 0. The summed E-state index contributed by atoms with van der Waals surface area (Å²) >= 11 is 5.42. The summed E-state index contributed by atoms with van der Waals surface area (Å²) in [6, 6.07) is 1.52. The molecule has 0 heterocycles. The molecular formula is C12H7F5I3O4-. The fourth-order valence-electron chi connectivity index (χ4n) is 1.38. The van der Waals surface area contributed by atoms with E-state index in [0.29, 0.717) is 7.14 Å². The molecule has 1 rings (SSSR count). The number of ether oxygens (including phenoxy) is 2. The molecule has 0 radical (unpaired) electrons. The lowest BCUT2D eigenvalue weighted by atomic mass is 10.2. The minimum absolute atomic E-state index is 0.0869. The molecule has 24 heavy (non-hydrogen) atoms. The van der Waals surface area contributed by atoms with Gasteiger partial charge in [0.15, 0.2) is 0 Å². The predicted molar refractivity (Wildman–Crippen MR) is 96.2 cm³/mol. The first-order valence-corrected chi connectivity index (χ1v) is 9.16. The van der Waals surface area contributed by atoms with Crippen molar-refractivity contribution in [1.29, 1.82) is 0 Å². The van der Waals surface area contributed by atoms with Crippen LogP contribution in [0, 0.1) is 10.7 Å². The Morgan fingerprint density at radius 1 is 1.08 bits per heavy atom. The second kappa shape index (κ2) is 8.79. The van der Waals surface area contributed by atoms with E-state index in [2.05, 4.69) is 4.74 Å². The molecular weight excluding hydrogens is 684 g/mol. The van der Waals surface area contributed by atoms with Crippen LogP contribution in [0.4, 0.5) is 22.0 Å². The Hall–Kier alpha value is 0.290. The normalized spacial score (nSPS) is 12.3. The van der Waals surface area contributed by atoms with Crippen LogP contribution in [-0.4, -0.2) is 37.9 Å². The quantitative estimate of drug-likeness (QED) is 0.250. The zero-order valence-electron chi connectivity index (χ0n) is 11.4. The maximum absolute atomic E-state index is 12.6. The van der Waals surface area contributed by atoms with Crippen molar-refractivity contribution in [2.45, 2.75) is 12.1 Å². The van der Waals surface area contributed by atoms with E-state index in [4.69, 9.17) is 4.74 Å². The van der Waals surface area contributed by atoms with Crippen LogP contribution >= 0.6 is 67.8 Å². The topological polar surface area (TPSA) is 58.6 Å². The SMILES string of the molecule is O=C([O-])c1c(I)cc(I)c(OCCOCC(F)(F)C(F)(F)F)c1I. The molecule has 0 aliphatic rings. The van der Waals surface area contributed by atoms with Gasteiger partial charge in [-0.05, 0) is 73.8 Å². The molecule has 0 amide bonds. The molecule has 4 nitrogen and oxygen atoms in total.